The van der Waals surface area contributed by atoms with Crippen LogP contribution in [-0.2, 0) is 15.9 Å². The number of benzene rings is 1. The number of nitrogens with zero attached hydrogens (tertiary/aromatic N) is 2. The lowest BCUT2D eigenvalue weighted by Crippen LogP contribution is -2.10. The Morgan fingerprint density at radius 1 is 1.23 bits per heavy atom. The number of ether oxygens (including phenoxy) is 2. The number of carbonyl (C=O) groups is 2. The summed E-state index contributed by atoms with van der Waals surface area (Å²) in [6, 6.07) is 5.69. The van der Waals surface area contributed by atoms with E-state index in [1.165, 1.54) is 25.1 Å². The van der Waals surface area contributed by atoms with Gasteiger partial charge in [0.15, 0.2) is 5.69 Å². The smallest absolute Gasteiger partial charge is 0.359 e. The Labute approximate surface area is 136 Å². The summed E-state index contributed by atoms with van der Waals surface area (Å²) in [4.78, 5) is 23.6. The average molecular weight is 367 g/mol. The third-order valence-electron chi connectivity index (χ3n) is 3.17. The van der Waals surface area contributed by atoms with E-state index in [1.807, 2.05) is 25.1 Å². The van der Waals surface area contributed by atoms with Crippen LogP contribution in [0.3, 0.4) is 0 Å². The Morgan fingerprint density at radius 3 is 2.50 bits per heavy atom. The van der Waals surface area contributed by atoms with Gasteiger partial charge in [-0.1, -0.05) is 22.9 Å². The Morgan fingerprint density at radius 2 is 1.91 bits per heavy atom. The predicted octanol–water partition coefficient (Wildman–Crippen LogP) is 2.77. The van der Waals surface area contributed by atoms with Gasteiger partial charge >= 0.3 is 11.9 Å². The molecule has 0 radical (unpaired) electrons. The molecule has 0 aliphatic carbocycles. The lowest BCUT2D eigenvalue weighted by atomic mass is 10.1. The third-order valence-corrected chi connectivity index (χ3v) is 3.66. The number of aryl methyl sites for hydroxylation is 1. The number of methoxy groups -OCH3 is 2. The highest BCUT2D eigenvalue weighted by Gasteiger charge is 2.24. The summed E-state index contributed by atoms with van der Waals surface area (Å²) in [6.07, 6.45) is 2.25. The summed E-state index contributed by atoms with van der Waals surface area (Å²) in [7, 11) is 2.48. The zero-order valence-corrected chi connectivity index (χ0v) is 14.0. The van der Waals surface area contributed by atoms with Gasteiger partial charge in [0.05, 0.1) is 19.9 Å². The molecular formula is C15H15BrN2O4. The molecule has 0 N–H and O–H groups in total. The molecule has 1 aromatic carbocycles. The maximum atomic E-state index is 11.8. The Bertz CT molecular complexity index is 691. The van der Waals surface area contributed by atoms with Crippen molar-refractivity contribution in [2.45, 2.75) is 13.3 Å². The second-order valence-electron chi connectivity index (χ2n) is 4.45. The van der Waals surface area contributed by atoms with Crippen LogP contribution in [0.4, 0.5) is 0 Å². The molecule has 7 heteroatoms. The van der Waals surface area contributed by atoms with Gasteiger partial charge in [0.25, 0.3) is 0 Å². The van der Waals surface area contributed by atoms with Crippen LogP contribution in [0.5, 0.6) is 0 Å². The number of hydrogen-bond acceptors (Lipinski definition) is 5. The number of carbonyl (C=O) groups excluding carboxylic acids is 2. The van der Waals surface area contributed by atoms with Crippen molar-refractivity contribution in [2.24, 2.45) is 0 Å². The van der Waals surface area contributed by atoms with Crippen LogP contribution in [0.1, 0.15) is 33.3 Å². The normalized spacial score (nSPS) is 10.4. The number of esters is 2. The van der Waals surface area contributed by atoms with Gasteiger partial charge in [0.1, 0.15) is 5.56 Å². The van der Waals surface area contributed by atoms with E-state index < -0.39 is 11.9 Å². The highest BCUT2D eigenvalue weighted by atomic mass is 79.9. The first-order valence-electron chi connectivity index (χ1n) is 6.56. The van der Waals surface area contributed by atoms with Crippen LogP contribution in [0.25, 0.3) is 5.69 Å². The van der Waals surface area contributed by atoms with Crippen molar-refractivity contribution in [2.75, 3.05) is 14.2 Å². The summed E-state index contributed by atoms with van der Waals surface area (Å²) >= 11 is 3.42. The second-order valence-corrected chi connectivity index (χ2v) is 5.36. The molecule has 0 saturated heterocycles. The molecule has 0 unspecified atom stereocenters. The number of rotatable bonds is 4. The monoisotopic (exact) mass is 366 g/mol. The second kappa shape index (κ2) is 6.74. The first kappa shape index (κ1) is 16.2. The standard InChI is InChI=1S/C15H15BrN2O4/c1-4-9-7-10(16)5-6-12(9)18-8-11(14(19)21-2)13(17-18)15(20)22-3/h5-8H,4H2,1-3H3. The minimum Gasteiger partial charge on any atom is -0.465 e. The van der Waals surface area contributed by atoms with E-state index >= 15 is 0 Å². The zero-order valence-electron chi connectivity index (χ0n) is 12.4. The molecule has 2 aromatic rings. The predicted molar refractivity (Wildman–Crippen MR) is 83.3 cm³/mol. The molecule has 116 valence electrons. The van der Waals surface area contributed by atoms with E-state index in [0.29, 0.717) is 0 Å². The topological polar surface area (TPSA) is 70.4 Å². The van der Waals surface area contributed by atoms with Gasteiger partial charge in [-0.05, 0) is 30.2 Å². The van der Waals surface area contributed by atoms with E-state index in [-0.39, 0.29) is 11.3 Å². The molecule has 0 amide bonds. The molecule has 0 bridgehead atoms. The molecule has 0 atom stereocenters. The van der Waals surface area contributed by atoms with Crippen LogP contribution >= 0.6 is 15.9 Å². The molecule has 0 saturated carbocycles. The van der Waals surface area contributed by atoms with Gasteiger partial charge in [-0.2, -0.15) is 5.10 Å². The molecular weight excluding hydrogens is 352 g/mol. The summed E-state index contributed by atoms with van der Waals surface area (Å²) in [5.41, 5.74) is 1.80. The fourth-order valence-corrected chi connectivity index (χ4v) is 2.47. The van der Waals surface area contributed by atoms with Crippen molar-refractivity contribution in [3.05, 3.63) is 45.7 Å². The molecule has 2 rings (SSSR count). The van der Waals surface area contributed by atoms with Crippen LogP contribution in [-0.4, -0.2) is 35.9 Å². The van der Waals surface area contributed by atoms with Gasteiger partial charge in [-0.15, -0.1) is 0 Å². The number of hydrogen-bond donors (Lipinski definition) is 0. The summed E-state index contributed by atoms with van der Waals surface area (Å²) in [5.74, 6) is -1.32. The third kappa shape index (κ3) is 3.04. The first-order valence-corrected chi connectivity index (χ1v) is 7.36. The maximum absolute atomic E-state index is 11.8. The first-order chi connectivity index (χ1) is 10.5. The van der Waals surface area contributed by atoms with Gasteiger partial charge < -0.3 is 9.47 Å². The molecule has 1 aromatic heterocycles. The summed E-state index contributed by atoms with van der Waals surface area (Å²) in [5, 5.41) is 4.18. The van der Waals surface area contributed by atoms with Crippen molar-refractivity contribution in [1.82, 2.24) is 9.78 Å². The average Bonchev–Trinajstić information content (AvgIpc) is 2.98. The van der Waals surface area contributed by atoms with Crippen molar-refractivity contribution < 1.29 is 19.1 Å². The number of halogens is 1. The van der Waals surface area contributed by atoms with E-state index in [2.05, 4.69) is 30.5 Å². The highest BCUT2D eigenvalue weighted by molar-refractivity contribution is 9.10. The van der Waals surface area contributed by atoms with Gasteiger partial charge in [-0.3, -0.25) is 0 Å². The molecule has 0 fully saturated rings. The summed E-state index contributed by atoms with van der Waals surface area (Å²) < 4.78 is 11.8. The fraction of sp³-hybridized carbons (Fsp3) is 0.267. The van der Waals surface area contributed by atoms with Gasteiger partial charge in [-0.25, -0.2) is 14.3 Å². The highest BCUT2D eigenvalue weighted by Crippen LogP contribution is 2.22. The van der Waals surface area contributed by atoms with E-state index in [1.54, 1.807) is 0 Å². The van der Waals surface area contributed by atoms with E-state index in [4.69, 9.17) is 0 Å². The Hall–Kier alpha value is -2.15. The van der Waals surface area contributed by atoms with E-state index in [9.17, 15) is 9.59 Å². The lowest BCUT2D eigenvalue weighted by molar-refractivity contribution is 0.0552. The van der Waals surface area contributed by atoms with Crippen molar-refractivity contribution >= 4 is 27.9 Å². The molecule has 6 nitrogen and oxygen atoms in total. The van der Waals surface area contributed by atoms with Crippen LogP contribution in [0, 0.1) is 0 Å². The SMILES string of the molecule is CCc1cc(Br)ccc1-n1cc(C(=O)OC)c(C(=O)OC)n1. The van der Waals surface area contributed by atoms with Gasteiger partial charge in [0, 0.05) is 10.7 Å². The fourth-order valence-electron chi connectivity index (χ4n) is 2.06. The molecule has 0 aliphatic heterocycles. The van der Waals surface area contributed by atoms with Gasteiger partial charge in [0.2, 0.25) is 0 Å². The minimum absolute atomic E-state index is 0.0688. The Balaban J connectivity index is 2.60. The lowest BCUT2D eigenvalue weighted by Gasteiger charge is -2.08. The Kier molecular flexibility index (Phi) is 4.97. The van der Waals surface area contributed by atoms with Crippen LogP contribution < -0.4 is 0 Å². The molecule has 0 spiro atoms. The van der Waals surface area contributed by atoms with E-state index in [0.717, 1.165) is 22.1 Å². The maximum Gasteiger partial charge on any atom is 0.359 e. The quantitative estimate of drug-likeness (QED) is 0.778. The minimum atomic E-state index is -0.686. The largest absolute Gasteiger partial charge is 0.465 e. The molecule has 1 heterocycles. The van der Waals surface area contributed by atoms with Crippen molar-refractivity contribution in [3.8, 4) is 5.69 Å². The van der Waals surface area contributed by atoms with Crippen molar-refractivity contribution in [1.29, 1.82) is 0 Å². The molecule has 22 heavy (non-hydrogen) atoms. The van der Waals surface area contributed by atoms with Crippen molar-refractivity contribution in [3.63, 3.8) is 0 Å². The van der Waals surface area contributed by atoms with Crippen LogP contribution in [0.15, 0.2) is 28.9 Å². The number of aromatic nitrogens is 2. The van der Waals surface area contributed by atoms with Crippen LogP contribution in [0.2, 0.25) is 0 Å². The molecule has 0 aliphatic rings. The zero-order chi connectivity index (χ0) is 16.3. The summed E-state index contributed by atoms with van der Waals surface area (Å²) in [6.45, 7) is 2.01.